The number of nitrogens with zero attached hydrogens (tertiary/aromatic N) is 25. The molecule has 7 aromatic carbocycles. The number of aryl methyl sites for hydroxylation is 7. The number of furan rings is 2. The summed E-state index contributed by atoms with van der Waals surface area (Å²) < 4.78 is 33.1. The Morgan fingerprint density at radius 1 is 0.377 bits per heavy atom. The molecule has 23 rings (SSSR count). The summed E-state index contributed by atoms with van der Waals surface area (Å²) in [5.74, 6) is 5.61. The third kappa shape index (κ3) is 16.7. The Hall–Kier alpha value is -17.7. The fraction of sp³-hybridized carbons (Fsp3) is 0.151. The van der Waals surface area contributed by atoms with Crippen molar-refractivity contribution in [2.45, 2.75) is 55.6 Å². The predicted octanol–water partition coefficient (Wildman–Crippen LogP) is 16.6. The second kappa shape index (κ2) is 36.6. The Morgan fingerprint density at radius 2 is 0.785 bits per heavy atom. The van der Waals surface area contributed by atoms with Crippen molar-refractivity contribution in [3.8, 4) is 85.0 Å². The van der Waals surface area contributed by atoms with Crippen LogP contribution in [0.4, 0.5) is 34.9 Å². The molecule has 0 spiro atoms. The third-order valence-electron chi connectivity index (χ3n) is 21.0. The molecular formula is C93H93N33O4. The molecule has 654 valence electrons. The van der Waals surface area contributed by atoms with Crippen molar-refractivity contribution in [3.05, 3.63) is 232 Å². The minimum absolute atomic E-state index is 0. The minimum Gasteiger partial charge on any atom is -0.491 e. The Bertz CT molecular complexity index is 7980. The van der Waals surface area contributed by atoms with Crippen molar-refractivity contribution in [1.29, 1.82) is 0 Å². The fourth-order valence-corrected chi connectivity index (χ4v) is 15.1. The van der Waals surface area contributed by atoms with Crippen LogP contribution < -0.4 is 43.9 Å². The van der Waals surface area contributed by atoms with E-state index in [-0.39, 0.29) is 28.4 Å². The molecule has 16 heterocycles. The molecule has 0 aliphatic carbocycles. The van der Waals surface area contributed by atoms with Gasteiger partial charge in [-0.3, -0.25) is 5.10 Å². The van der Waals surface area contributed by atoms with Crippen LogP contribution in [-0.2, 0) is 48.7 Å². The van der Waals surface area contributed by atoms with Crippen LogP contribution in [0.15, 0.2) is 235 Å². The summed E-state index contributed by atoms with van der Waals surface area (Å²) in [4.78, 5) is 52.9. The second-order valence-electron chi connectivity index (χ2n) is 29.5. The van der Waals surface area contributed by atoms with E-state index in [2.05, 4.69) is 137 Å². The molecule has 0 fully saturated rings. The summed E-state index contributed by atoms with van der Waals surface area (Å²) in [7, 11) is 11.0. The maximum atomic E-state index is 6.11. The van der Waals surface area contributed by atoms with E-state index in [1.807, 2.05) is 201 Å². The number of H-pyrrole nitrogens is 2. The number of hydrogen-bond donors (Lipinski definition) is 8. The molecule has 130 heavy (non-hydrogen) atoms. The zero-order valence-corrected chi connectivity index (χ0v) is 69.9. The molecule has 0 amide bonds. The molecule has 0 aliphatic rings. The van der Waals surface area contributed by atoms with Crippen molar-refractivity contribution >= 4 is 145 Å². The van der Waals surface area contributed by atoms with Crippen LogP contribution in [0.5, 0.6) is 17.2 Å². The summed E-state index contributed by atoms with van der Waals surface area (Å²) in [5.41, 5.74) is 54.3. The maximum absolute atomic E-state index is 6.11. The number of rotatable bonds is 11. The van der Waals surface area contributed by atoms with Gasteiger partial charge in [-0.05, 0) is 129 Å². The van der Waals surface area contributed by atoms with Crippen LogP contribution in [0, 0.1) is 0 Å². The van der Waals surface area contributed by atoms with Gasteiger partial charge in [0.1, 0.15) is 135 Å². The average Bonchev–Trinajstić information content (AvgIpc) is 1.60. The highest BCUT2D eigenvalue weighted by Crippen LogP contribution is 2.41. The third-order valence-corrected chi connectivity index (χ3v) is 21.0. The van der Waals surface area contributed by atoms with Crippen molar-refractivity contribution < 1.29 is 18.3 Å². The first-order valence-corrected chi connectivity index (χ1v) is 39.9. The first-order chi connectivity index (χ1) is 61.7. The van der Waals surface area contributed by atoms with Crippen LogP contribution in [0.3, 0.4) is 0 Å². The molecule has 0 bridgehead atoms. The molecule has 0 saturated carbocycles. The number of nitrogen functional groups attached to an aromatic ring is 6. The largest absolute Gasteiger partial charge is 0.491 e. The normalized spacial score (nSPS) is 11.1. The van der Waals surface area contributed by atoms with Gasteiger partial charge in [-0.1, -0.05) is 95.9 Å². The number of para-hydroxylation sites is 3. The molecule has 0 unspecified atom stereocenters. The monoisotopic (exact) mass is 1740 g/mol. The zero-order chi connectivity index (χ0) is 87.8. The van der Waals surface area contributed by atoms with E-state index in [1.54, 1.807) is 47.5 Å². The maximum Gasteiger partial charge on any atom is 0.163 e. The number of nitrogens with two attached hydrogens (primary N) is 6. The number of hydrogen-bond acceptors (Lipinski definition) is 29. The van der Waals surface area contributed by atoms with Crippen molar-refractivity contribution in [3.63, 3.8) is 0 Å². The number of benzene rings is 7. The van der Waals surface area contributed by atoms with Gasteiger partial charge in [0.05, 0.1) is 50.2 Å². The first kappa shape index (κ1) is 87.2. The summed E-state index contributed by atoms with van der Waals surface area (Å²) >= 11 is 0. The van der Waals surface area contributed by atoms with E-state index in [4.69, 9.17) is 52.7 Å². The van der Waals surface area contributed by atoms with Gasteiger partial charge in [0.25, 0.3) is 0 Å². The van der Waals surface area contributed by atoms with E-state index in [1.165, 1.54) is 38.0 Å². The van der Waals surface area contributed by atoms with Crippen LogP contribution in [0.2, 0.25) is 0 Å². The lowest BCUT2D eigenvalue weighted by Gasteiger charge is -2.09. The van der Waals surface area contributed by atoms with E-state index in [0.29, 0.717) is 63.3 Å². The number of anilines is 6. The van der Waals surface area contributed by atoms with Gasteiger partial charge in [0.15, 0.2) is 39.6 Å². The van der Waals surface area contributed by atoms with E-state index < -0.39 is 0 Å². The molecule has 14 N–H and O–H groups in total. The summed E-state index contributed by atoms with van der Waals surface area (Å²) in [6.07, 6.45) is 13.3. The minimum atomic E-state index is 0. The number of ether oxygens (including phenoxy) is 2. The molecule has 0 saturated heterocycles. The highest BCUT2D eigenvalue weighted by molar-refractivity contribution is 6.13. The smallest absolute Gasteiger partial charge is 0.163 e. The number of aromatic amines is 2. The Labute approximate surface area is 742 Å². The lowest BCUT2D eigenvalue weighted by atomic mass is 10.1. The molecule has 0 aliphatic heterocycles. The van der Waals surface area contributed by atoms with Crippen molar-refractivity contribution in [2.24, 2.45) is 42.3 Å². The highest BCUT2D eigenvalue weighted by Gasteiger charge is 2.24. The topological polar surface area (TPSA) is 507 Å². The van der Waals surface area contributed by atoms with Gasteiger partial charge < -0.3 is 57.7 Å². The molecule has 37 heteroatoms. The van der Waals surface area contributed by atoms with Gasteiger partial charge in [-0.25, -0.2) is 87.9 Å². The molecule has 0 radical (unpaired) electrons. The average molecular weight is 1740 g/mol. The zero-order valence-electron chi connectivity index (χ0n) is 69.9. The van der Waals surface area contributed by atoms with Gasteiger partial charge in [-0.15, -0.1) is 0 Å². The van der Waals surface area contributed by atoms with Crippen molar-refractivity contribution in [2.75, 3.05) is 34.4 Å². The molecule has 16 aromatic heterocycles. The molecular weight excluding hydrogens is 1640 g/mol. The quantitative estimate of drug-likeness (QED) is 0.0596. The lowest BCUT2D eigenvalue weighted by Crippen LogP contribution is -2.05. The van der Waals surface area contributed by atoms with Crippen LogP contribution >= 0.6 is 0 Å². The standard InChI is InChI=1S/C18H13N5O.C18H15N5O.C15H15N7.C15H17N5O.C14H12N6.C10H9N5O.3CH4/c1-23-18-14(17(19)20-9-21-18)15(22-23)12-7-4-6-11-10-5-2-3-8-13(10)24-16(11)12;1-23-18-15(17(19)20-11-21-18)16(22-23)12-7-9-14(10-8-12)24-13-5-3-2-4-6-13;1-3-10-9-5-4-8(6-11(9)20-19-10)13-12-14(16)17-7-18-15(12)22(2)21-13;1-9(2)21-11-6-4-10(5-7-11)13-12-14(16)17-8-18-15(12)20(3)19-13;1-20-14-11(13(15)17-7-18-14)12(19-20)9-2-3-10-8(6-9)4-5-16-10;1-15-10-7(9(11)12-5-13-10)8(14-15)6-3-2-4-16-6;;;/h2-9H,1H3,(H2,19,20,21);2-11H,1H3,(H2,19,20,21);4-7H,3H2,1-2H3,(H,19,20)(H2,16,17,18);4-9H,1-3H3,(H2,16,17,18);2-7,16H,1H3,(H2,15,17,18);2-5H,1H3,(H2,11,12,13);3*1H4. The van der Waals surface area contributed by atoms with Gasteiger partial charge >= 0.3 is 0 Å². The molecule has 23 aromatic rings. The number of nitrogens with one attached hydrogen (secondary N) is 2. The SMILES string of the molecule is C.C.C.CC(C)Oc1ccc(-c2nn(C)c3ncnc(N)c23)cc1.CCc1[nH]nc2cc(-c3nn(C)c4ncnc(N)c34)ccc12.Cn1nc(-c2ccc(Oc3ccccc3)cc2)c2c(N)ncnc21.Cn1nc(-c2ccc3[nH]ccc3c2)c2c(N)ncnc21.Cn1nc(-c2cccc3c2oc2ccccc23)c2c(N)ncnc21.Cn1nc(-c2ccco2)c2c(N)ncnc21. The van der Waals surface area contributed by atoms with Crippen LogP contribution in [0.1, 0.15) is 48.7 Å². The highest BCUT2D eigenvalue weighted by atomic mass is 16.5. The van der Waals surface area contributed by atoms with E-state index in [9.17, 15) is 0 Å². The second-order valence-corrected chi connectivity index (χ2v) is 29.5. The van der Waals surface area contributed by atoms with Crippen LogP contribution in [-0.4, -0.2) is 140 Å². The Balaban J connectivity index is 0.000000120. The van der Waals surface area contributed by atoms with Gasteiger partial charge in [-0.2, -0.15) is 35.7 Å². The molecule has 37 nitrogen and oxygen atoms in total. The summed E-state index contributed by atoms with van der Waals surface area (Å²) in [6, 6.07) is 57.1. The summed E-state index contributed by atoms with van der Waals surface area (Å²) in [6.45, 7) is 6.10. The van der Waals surface area contributed by atoms with E-state index in [0.717, 1.165) is 179 Å². The van der Waals surface area contributed by atoms with E-state index >= 15 is 0 Å². The van der Waals surface area contributed by atoms with Crippen molar-refractivity contribution in [1.82, 2.24) is 134 Å². The number of aromatic nitrogens is 27. The summed E-state index contributed by atoms with van der Waals surface area (Å²) in [5, 5.41) is 43.5. The van der Waals surface area contributed by atoms with Crippen LogP contribution in [0.25, 0.3) is 178 Å². The number of fused-ring (bicyclic) bond motifs is 11. The first-order valence-electron chi connectivity index (χ1n) is 39.9. The molecule has 0 atom stereocenters. The van der Waals surface area contributed by atoms with Gasteiger partial charge in [0, 0.05) is 109 Å². The fourth-order valence-electron chi connectivity index (χ4n) is 15.1. The Morgan fingerprint density at radius 3 is 1.26 bits per heavy atom. The Kier molecular flexibility index (Phi) is 24.6. The predicted molar refractivity (Wildman–Crippen MR) is 510 cm³/mol. The van der Waals surface area contributed by atoms with Gasteiger partial charge in [0.2, 0.25) is 0 Å². The lowest BCUT2D eigenvalue weighted by molar-refractivity contribution is 0.242.